The molecule has 2 aromatic carbocycles. The molecule has 1 amide bonds. The van der Waals surface area contributed by atoms with Gasteiger partial charge in [-0.05, 0) is 47.3 Å². The maximum atomic E-state index is 13.4. The topological polar surface area (TPSA) is 75.3 Å². The number of hydrogen-bond acceptors (Lipinski definition) is 4. The summed E-state index contributed by atoms with van der Waals surface area (Å²) in [4.78, 5) is 13.3. The van der Waals surface area contributed by atoms with Gasteiger partial charge in [0.15, 0.2) is 11.6 Å². The van der Waals surface area contributed by atoms with Crippen molar-refractivity contribution in [2.24, 2.45) is 0 Å². The second-order valence-electron chi connectivity index (χ2n) is 4.90. The maximum absolute atomic E-state index is 13.4. The average molecular weight is 328 g/mol. The molecule has 23 heavy (non-hydrogen) atoms. The molecule has 116 valence electrons. The van der Waals surface area contributed by atoms with Gasteiger partial charge in [0, 0.05) is 10.4 Å². The molecule has 0 atom stereocenters. The molecule has 0 aliphatic rings. The lowest BCUT2D eigenvalue weighted by Gasteiger charge is -2.10. The van der Waals surface area contributed by atoms with Gasteiger partial charge in [0.2, 0.25) is 0 Å². The van der Waals surface area contributed by atoms with E-state index >= 15 is 0 Å². The van der Waals surface area contributed by atoms with Crippen molar-refractivity contribution >= 4 is 28.6 Å². The van der Waals surface area contributed by atoms with Crippen LogP contribution in [0.25, 0.3) is 10.4 Å². The summed E-state index contributed by atoms with van der Waals surface area (Å²) in [6.07, 6.45) is 0. The molecule has 0 fully saturated rings. The fourth-order valence-electron chi connectivity index (χ4n) is 2.10. The molecular formula is C17H13FN2O2S. The van der Waals surface area contributed by atoms with Crippen LogP contribution >= 0.6 is 11.3 Å². The number of halogens is 1. The lowest BCUT2D eigenvalue weighted by atomic mass is 10.1. The third-order valence-electron chi connectivity index (χ3n) is 3.32. The Kier molecular flexibility index (Phi) is 3.99. The Morgan fingerprint density at radius 2 is 2.00 bits per heavy atom. The Morgan fingerprint density at radius 1 is 1.17 bits per heavy atom. The molecule has 0 bridgehead atoms. The van der Waals surface area contributed by atoms with Gasteiger partial charge >= 0.3 is 0 Å². The zero-order valence-corrected chi connectivity index (χ0v) is 12.7. The molecule has 0 saturated carbocycles. The van der Waals surface area contributed by atoms with E-state index < -0.39 is 17.5 Å². The molecule has 0 spiro atoms. The molecule has 6 heteroatoms. The average Bonchev–Trinajstić information content (AvgIpc) is 3.06. The number of nitrogens with two attached hydrogens (primary N) is 1. The largest absolute Gasteiger partial charge is 0.505 e. The lowest BCUT2D eigenvalue weighted by Crippen LogP contribution is -2.13. The van der Waals surface area contributed by atoms with Gasteiger partial charge in [0.1, 0.15) is 0 Å². The summed E-state index contributed by atoms with van der Waals surface area (Å²) in [5.41, 5.74) is 7.80. The molecule has 1 aromatic heterocycles. The van der Waals surface area contributed by atoms with Crippen molar-refractivity contribution in [3.8, 4) is 16.2 Å². The quantitative estimate of drug-likeness (QED) is 0.634. The van der Waals surface area contributed by atoms with Crippen LogP contribution < -0.4 is 11.1 Å². The zero-order valence-electron chi connectivity index (χ0n) is 11.9. The van der Waals surface area contributed by atoms with E-state index in [0.29, 0.717) is 11.4 Å². The van der Waals surface area contributed by atoms with Gasteiger partial charge < -0.3 is 16.2 Å². The fourth-order valence-corrected chi connectivity index (χ4v) is 2.83. The molecule has 0 aliphatic carbocycles. The Balaban J connectivity index is 1.88. The molecule has 4 nitrogen and oxygen atoms in total. The summed E-state index contributed by atoms with van der Waals surface area (Å²) in [5.74, 6) is -1.85. The molecule has 0 aliphatic heterocycles. The van der Waals surface area contributed by atoms with Crippen LogP contribution in [0.1, 0.15) is 10.4 Å². The van der Waals surface area contributed by atoms with E-state index in [-0.39, 0.29) is 5.56 Å². The van der Waals surface area contributed by atoms with E-state index in [1.807, 2.05) is 23.6 Å². The zero-order chi connectivity index (χ0) is 16.4. The molecule has 3 aromatic rings. The Hall–Kier alpha value is -2.86. The Morgan fingerprint density at radius 3 is 2.70 bits per heavy atom. The predicted molar refractivity (Wildman–Crippen MR) is 90.2 cm³/mol. The van der Waals surface area contributed by atoms with Crippen LogP contribution in [0.5, 0.6) is 5.75 Å². The number of phenols is 1. The summed E-state index contributed by atoms with van der Waals surface area (Å²) < 4.78 is 13.4. The Bertz CT molecular complexity index is 863. The van der Waals surface area contributed by atoms with E-state index in [1.54, 1.807) is 23.5 Å². The number of anilines is 2. The normalized spacial score (nSPS) is 10.5. The van der Waals surface area contributed by atoms with Gasteiger partial charge in [0.05, 0.1) is 11.4 Å². The van der Waals surface area contributed by atoms with Crippen LogP contribution in [0, 0.1) is 5.82 Å². The van der Waals surface area contributed by atoms with Crippen molar-refractivity contribution in [2.75, 3.05) is 11.1 Å². The number of carbonyl (C=O) groups is 1. The monoisotopic (exact) mass is 328 g/mol. The minimum atomic E-state index is -0.849. The smallest absolute Gasteiger partial charge is 0.255 e. The molecule has 0 saturated heterocycles. The first-order valence-electron chi connectivity index (χ1n) is 6.78. The standard InChI is InChI=1S/C17H13FN2O2S/c18-12-8-11(4-6-15(12)21)17(22)20-14-9-10(3-5-13(14)19)16-2-1-7-23-16/h1-9,21H,19H2,(H,20,22). The van der Waals surface area contributed by atoms with Crippen LogP contribution in [0.2, 0.25) is 0 Å². The highest BCUT2D eigenvalue weighted by Gasteiger charge is 2.12. The van der Waals surface area contributed by atoms with Crippen molar-refractivity contribution in [2.45, 2.75) is 0 Å². The SMILES string of the molecule is Nc1ccc(-c2cccs2)cc1NC(=O)c1ccc(O)c(F)c1. The number of hydrogen-bond donors (Lipinski definition) is 3. The van der Waals surface area contributed by atoms with Gasteiger partial charge in [-0.15, -0.1) is 11.3 Å². The van der Waals surface area contributed by atoms with Crippen molar-refractivity contribution in [1.82, 2.24) is 0 Å². The van der Waals surface area contributed by atoms with E-state index in [0.717, 1.165) is 22.6 Å². The van der Waals surface area contributed by atoms with E-state index in [9.17, 15) is 14.3 Å². The van der Waals surface area contributed by atoms with Gasteiger partial charge in [-0.3, -0.25) is 4.79 Å². The molecule has 3 rings (SSSR count). The lowest BCUT2D eigenvalue weighted by molar-refractivity contribution is 0.102. The maximum Gasteiger partial charge on any atom is 0.255 e. The second kappa shape index (κ2) is 6.10. The summed E-state index contributed by atoms with van der Waals surface area (Å²) >= 11 is 1.58. The number of nitrogen functional groups attached to an aromatic ring is 1. The van der Waals surface area contributed by atoms with Gasteiger partial charge in [-0.1, -0.05) is 12.1 Å². The number of nitrogens with one attached hydrogen (secondary N) is 1. The Labute approximate surface area is 136 Å². The van der Waals surface area contributed by atoms with Gasteiger partial charge in [-0.2, -0.15) is 0 Å². The second-order valence-corrected chi connectivity index (χ2v) is 5.85. The number of amides is 1. The van der Waals surface area contributed by atoms with Crippen molar-refractivity contribution in [3.63, 3.8) is 0 Å². The van der Waals surface area contributed by atoms with Crippen molar-refractivity contribution in [3.05, 3.63) is 65.3 Å². The van der Waals surface area contributed by atoms with Crippen LogP contribution in [0.15, 0.2) is 53.9 Å². The molecule has 0 radical (unpaired) electrons. The third kappa shape index (κ3) is 3.17. The number of carbonyl (C=O) groups excluding carboxylic acids is 1. The van der Waals surface area contributed by atoms with Crippen LogP contribution in [0.3, 0.4) is 0 Å². The molecule has 1 heterocycles. The molecular weight excluding hydrogens is 315 g/mol. The minimum absolute atomic E-state index is 0.0984. The van der Waals surface area contributed by atoms with Crippen LogP contribution in [-0.4, -0.2) is 11.0 Å². The third-order valence-corrected chi connectivity index (χ3v) is 4.24. The van der Waals surface area contributed by atoms with Crippen molar-refractivity contribution in [1.29, 1.82) is 0 Å². The molecule has 0 unspecified atom stereocenters. The summed E-state index contributed by atoms with van der Waals surface area (Å²) in [5, 5.41) is 13.8. The molecule has 4 N–H and O–H groups in total. The number of thiophene rings is 1. The van der Waals surface area contributed by atoms with Gasteiger partial charge in [-0.25, -0.2) is 4.39 Å². The first-order valence-corrected chi connectivity index (χ1v) is 7.66. The minimum Gasteiger partial charge on any atom is -0.505 e. The summed E-state index contributed by atoms with van der Waals surface area (Å²) in [7, 11) is 0. The number of rotatable bonds is 3. The van der Waals surface area contributed by atoms with Crippen molar-refractivity contribution < 1.29 is 14.3 Å². The van der Waals surface area contributed by atoms with E-state index in [2.05, 4.69) is 5.32 Å². The highest BCUT2D eigenvalue weighted by atomic mass is 32.1. The number of phenolic OH excluding ortho intramolecular Hbond substituents is 1. The van der Waals surface area contributed by atoms with E-state index in [4.69, 9.17) is 5.73 Å². The van der Waals surface area contributed by atoms with Crippen LogP contribution in [-0.2, 0) is 0 Å². The highest BCUT2D eigenvalue weighted by molar-refractivity contribution is 7.13. The van der Waals surface area contributed by atoms with Crippen LogP contribution in [0.4, 0.5) is 15.8 Å². The number of aromatic hydroxyl groups is 1. The van der Waals surface area contributed by atoms with Gasteiger partial charge in [0.25, 0.3) is 5.91 Å². The van der Waals surface area contributed by atoms with E-state index in [1.165, 1.54) is 6.07 Å². The first kappa shape index (κ1) is 15.1. The predicted octanol–water partition coefficient (Wildman–Crippen LogP) is 4.09. The number of benzene rings is 2. The first-order chi connectivity index (χ1) is 11.0. The summed E-state index contributed by atoms with van der Waals surface area (Å²) in [6.45, 7) is 0. The summed E-state index contributed by atoms with van der Waals surface area (Å²) in [6, 6.07) is 12.7. The fraction of sp³-hybridized carbons (Fsp3) is 0. The highest BCUT2D eigenvalue weighted by Crippen LogP contribution is 2.30.